The van der Waals surface area contributed by atoms with Crippen LogP contribution in [0.25, 0.3) is 0 Å². The average molecular weight is 403 g/mol. The SMILES string of the molecule is COc1ccccc1NC(=O)C[C@@H]1C(=O)NCCN1C(=O)CN1CCN(C)CC1. The molecule has 0 aromatic heterocycles. The predicted octanol–water partition coefficient (Wildman–Crippen LogP) is -0.402. The lowest BCUT2D eigenvalue weighted by Gasteiger charge is -2.37. The third kappa shape index (κ3) is 5.45. The molecule has 0 aliphatic carbocycles. The van der Waals surface area contributed by atoms with E-state index in [0.717, 1.165) is 26.2 Å². The van der Waals surface area contributed by atoms with Gasteiger partial charge in [-0.25, -0.2) is 0 Å². The van der Waals surface area contributed by atoms with Crippen LogP contribution in [0.15, 0.2) is 24.3 Å². The molecule has 9 nitrogen and oxygen atoms in total. The minimum Gasteiger partial charge on any atom is -0.495 e. The zero-order chi connectivity index (χ0) is 20.8. The Morgan fingerprint density at radius 2 is 1.90 bits per heavy atom. The quantitative estimate of drug-likeness (QED) is 0.671. The van der Waals surface area contributed by atoms with Crippen LogP contribution in [0.5, 0.6) is 5.75 Å². The molecule has 2 aliphatic rings. The maximum Gasteiger partial charge on any atom is 0.243 e. The Bertz CT molecular complexity index is 748. The maximum absolute atomic E-state index is 12.9. The van der Waals surface area contributed by atoms with Gasteiger partial charge in [0.25, 0.3) is 0 Å². The second kappa shape index (κ2) is 9.71. The molecule has 2 heterocycles. The molecule has 2 fully saturated rings. The summed E-state index contributed by atoms with van der Waals surface area (Å²) in [6.45, 7) is 4.55. The van der Waals surface area contributed by atoms with E-state index in [-0.39, 0.29) is 30.7 Å². The van der Waals surface area contributed by atoms with Gasteiger partial charge in [0, 0.05) is 39.3 Å². The number of piperazine rings is 2. The number of para-hydroxylation sites is 2. The van der Waals surface area contributed by atoms with E-state index in [1.54, 1.807) is 23.1 Å². The highest BCUT2D eigenvalue weighted by Crippen LogP contribution is 2.23. The molecule has 158 valence electrons. The molecule has 2 aliphatic heterocycles. The summed E-state index contributed by atoms with van der Waals surface area (Å²) >= 11 is 0. The van der Waals surface area contributed by atoms with Crippen LogP contribution >= 0.6 is 0 Å². The Kier molecular flexibility index (Phi) is 7.05. The first-order valence-corrected chi connectivity index (χ1v) is 9.89. The average Bonchev–Trinajstić information content (AvgIpc) is 2.71. The molecule has 3 amide bonds. The molecule has 1 aromatic rings. The molecule has 0 saturated carbocycles. The van der Waals surface area contributed by atoms with Gasteiger partial charge in [-0.2, -0.15) is 0 Å². The Hall–Kier alpha value is -2.65. The Morgan fingerprint density at radius 3 is 2.62 bits per heavy atom. The number of nitrogens with one attached hydrogen (secondary N) is 2. The zero-order valence-corrected chi connectivity index (χ0v) is 17.0. The van der Waals surface area contributed by atoms with Crippen molar-refractivity contribution in [3.63, 3.8) is 0 Å². The van der Waals surface area contributed by atoms with Crippen LogP contribution in [0.2, 0.25) is 0 Å². The monoisotopic (exact) mass is 403 g/mol. The molecular formula is C20H29N5O4. The maximum atomic E-state index is 12.9. The first kappa shape index (κ1) is 21.1. The number of methoxy groups -OCH3 is 1. The molecule has 0 unspecified atom stereocenters. The van der Waals surface area contributed by atoms with E-state index in [9.17, 15) is 14.4 Å². The van der Waals surface area contributed by atoms with Gasteiger partial charge in [0.05, 0.1) is 25.8 Å². The zero-order valence-electron chi connectivity index (χ0n) is 17.0. The highest BCUT2D eigenvalue weighted by atomic mass is 16.5. The van der Waals surface area contributed by atoms with Crippen molar-refractivity contribution in [2.75, 3.05) is 65.3 Å². The van der Waals surface area contributed by atoms with Crippen molar-refractivity contribution in [1.29, 1.82) is 0 Å². The third-order valence-corrected chi connectivity index (χ3v) is 5.37. The summed E-state index contributed by atoms with van der Waals surface area (Å²) < 4.78 is 5.24. The number of hydrogen-bond donors (Lipinski definition) is 2. The normalized spacial score (nSPS) is 20.8. The van der Waals surface area contributed by atoms with Crippen molar-refractivity contribution in [1.82, 2.24) is 20.0 Å². The molecule has 0 bridgehead atoms. The molecule has 0 spiro atoms. The van der Waals surface area contributed by atoms with E-state index in [1.807, 2.05) is 6.07 Å². The molecule has 1 atom stereocenters. The summed E-state index contributed by atoms with van der Waals surface area (Å²) in [6, 6.07) is 6.26. The number of carbonyl (C=O) groups is 3. The highest BCUT2D eigenvalue weighted by molar-refractivity contribution is 5.98. The standard InChI is InChI=1S/C20H29N5O4/c1-23-9-11-24(12-10-23)14-19(27)25-8-7-21-20(28)16(25)13-18(26)22-15-5-3-4-6-17(15)29-2/h3-6,16H,7-14H2,1-2H3,(H,21,28)(H,22,26)/t16-/m1/s1. The van der Waals surface area contributed by atoms with Crippen LogP contribution in [-0.4, -0.2) is 98.4 Å². The summed E-state index contributed by atoms with van der Waals surface area (Å²) in [5.41, 5.74) is 0.534. The topological polar surface area (TPSA) is 94.2 Å². The van der Waals surface area contributed by atoms with Gasteiger partial charge in [0.1, 0.15) is 11.8 Å². The first-order chi connectivity index (χ1) is 14.0. The molecule has 29 heavy (non-hydrogen) atoms. The van der Waals surface area contributed by atoms with Crippen molar-refractivity contribution in [3.05, 3.63) is 24.3 Å². The summed E-state index contributed by atoms with van der Waals surface area (Å²) in [5, 5.41) is 5.54. The number of rotatable bonds is 6. The lowest BCUT2D eigenvalue weighted by Crippen LogP contribution is -2.60. The first-order valence-electron chi connectivity index (χ1n) is 9.89. The van der Waals surface area contributed by atoms with Gasteiger partial charge in [-0.15, -0.1) is 0 Å². The van der Waals surface area contributed by atoms with Crippen LogP contribution in [-0.2, 0) is 14.4 Å². The minimum absolute atomic E-state index is 0.0988. The largest absolute Gasteiger partial charge is 0.495 e. The Labute approximate surface area is 171 Å². The molecule has 9 heteroatoms. The third-order valence-electron chi connectivity index (χ3n) is 5.37. The van der Waals surface area contributed by atoms with Crippen LogP contribution in [0, 0.1) is 0 Å². The number of amides is 3. The van der Waals surface area contributed by atoms with Crippen molar-refractivity contribution in [2.45, 2.75) is 12.5 Å². The number of ether oxygens (including phenoxy) is 1. The van der Waals surface area contributed by atoms with E-state index in [0.29, 0.717) is 24.5 Å². The van der Waals surface area contributed by atoms with Crippen molar-refractivity contribution in [3.8, 4) is 5.75 Å². The van der Waals surface area contributed by atoms with Crippen LogP contribution in [0.4, 0.5) is 5.69 Å². The van der Waals surface area contributed by atoms with Gasteiger partial charge in [-0.1, -0.05) is 12.1 Å². The smallest absolute Gasteiger partial charge is 0.243 e. The highest BCUT2D eigenvalue weighted by Gasteiger charge is 2.35. The van der Waals surface area contributed by atoms with Gasteiger partial charge in [0.2, 0.25) is 17.7 Å². The summed E-state index contributed by atoms with van der Waals surface area (Å²) in [5.74, 6) is -0.205. The molecule has 1 aromatic carbocycles. The van der Waals surface area contributed by atoms with Gasteiger partial charge < -0.3 is 25.2 Å². The van der Waals surface area contributed by atoms with E-state index >= 15 is 0 Å². The van der Waals surface area contributed by atoms with Crippen molar-refractivity contribution < 1.29 is 19.1 Å². The fourth-order valence-electron chi connectivity index (χ4n) is 3.63. The molecule has 2 saturated heterocycles. The summed E-state index contributed by atoms with van der Waals surface area (Å²) in [6.07, 6.45) is -0.0988. The van der Waals surface area contributed by atoms with Gasteiger partial charge in [-0.05, 0) is 19.2 Å². The number of likely N-dealkylation sites (N-methyl/N-ethyl adjacent to an activating group) is 1. The second-order valence-electron chi connectivity index (χ2n) is 7.43. The molecular weight excluding hydrogens is 374 g/mol. The lowest BCUT2D eigenvalue weighted by molar-refractivity contribution is -0.145. The van der Waals surface area contributed by atoms with Crippen LogP contribution < -0.4 is 15.4 Å². The Balaban J connectivity index is 1.62. The van der Waals surface area contributed by atoms with E-state index in [4.69, 9.17) is 4.74 Å². The number of benzene rings is 1. The van der Waals surface area contributed by atoms with Gasteiger partial charge in [-0.3, -0.25) is 19.3 Å². The van der Waals surface area contributed by atoms with Crippen molar-refractivity contribution >= 4 is 23.4 Å². The molecule has 3 rings (SSSR count). The minimum atomic E-state index is -0.807. The molecule has 0 radical (unpaired) electrons. The van der Waals surface area contributed by atoms with Crippen LogP contribution in [0.3, 0.4) is 0 Å². The number of nitrogens with zero attached hydrogens (tertiary/aromatic N) is 3. The second-order valence-corrected chi connectivity index (χ2v) is 7.43. The number of carbonyl (C=O) groups excluding carboxylic acids is 3. The van der Waals surface area contributed by atoms with Gasteiger partial charge in [0.15, 0.2) is 0 Å². The number of hydrogen-bond acceptors (Lipinski definition) is 6. The van der Waals surface area contributed by atoms with Gasteiger partial charge >= 0.3 is 0 Å². The Morgan fingerprint density at radius 1 is 1.17 bits per heavy atom. The number of anilines is 1. The lowest BCUT2D eigenvalue weighted by atomic mass is 10.1. The summed E-state index contributed by atoms with van der Waals surface area (Å²) in [7, 11) is 3.59. The van der Waals surface area contributed by atoms with E-state index < -0.39 is 6.04 Å². The van der Waals surface area contributed by atoms with Crippen LogP contribution in [0.1, 0.15) is 6.42 Å². The fraction of sp³-hybridized carbons (Fsp3) is 0.550. The summed E-state index contributed by atoms with van der Waals surface area (Å²) in [4.78, 5) is 43.8. The predicted molar refractivity (Wildman–Crippen MR) is 109 cm³/mol. The van der Waals surface area contributed by atoms with Crippen molar-refractivity contribution in [2.24, 2.45) is 0 Å². The molecule has 2 N–H and O–H groups in total. The van der Waals surface area contributed by atoms with E-state index in [2.05, 4.69) is 27.5 Å². The van der Waals surface area contributed by atoms with E-state index in [1.165, 1.54) is 7.11 Å². The fourth-order valence-corrected chi connectivity index (χ4v) is 3.63.